The van der Waals surface area contributed by atoms with E-state index in [1.165, 1.54) is 5.56 Å². The first kappa shape index (κ1) is 21.1. The van der Waals surface area contributed by atoms with Crippen molar-refractivity contribution in [2.24, 2.45) is 0 Å². The van der Waals surface area contributed by atoms with E-state index in [0.29, 0.717) is 6.04 Å². The monoisotopic (exact) mass is 431 g/mol. The number of carbonyl (C=O) groups excluding carboxylic acids is 1. The smallest absolute Gasteiger partial charge is 0.271 e. The molecule has 32 heavy (non-hydrogen) atoms. The summed E-state index contributed by atoms with van der Waals surface area (Å²) in [6, 6.07) is 19.2. The quantitative estimate of drug-likeness (QED) is 0.563. The molecule has 1 fully saturated rings. The van der Waals surface area contributed by atoms with Crippen LogP contribution in [-0.4, -0.2) is 52.1 Å². The largest absolute Gasteiger partial charge is 0.490 e. The Bertz CT molecular complexity index is 1100. The first-order valence-corrected chi connectivity index (χ1v) is 11.9. The number of fused-ring (bicyclic) bond motifs is 3. The van der Waals surface area contributed by atoms with Gasteiger partial charge in [0.2, 0.25) is 0 Å². The van der Waals surface area contributed by atoms with E-state index in [2.05, 4.69) is 60.6 Å². The lowest BCUT2D eigenvalue weighted by molar-refractivity contribution is 0.0635. The van der Waals surface area contributed by atoms with Crippen LogP contribution in [0.4, 0.5) is 0 Å². The highest BCUT2D eigenvalue weighted by Gasteiger charge is 2.30. The van der Waals surface area contributed by atoms with Gasteiger partial charge in [0, 0.05) is 43.1 Å². The zero-order chi connectivity index (χ0) is 22.2. The van der Waals surface area contributed by atoms with Gasteiger partial charge in [-0.05, 0) is 63.4 Å². The zero-order valence-corrected chi connectivity index (χ0v) is 19.3. The molecule has 0 spiro atoms. The summed E-state index contributed by atoms with van der Waals surface area (Å²) in [6.45, 7) is 10.3. The molecule has 1 atom stereocenters. The lowest BCUT2D eigenvalue weighted by Gasteiger charge is -2.34. The van der Waals surface area contributed by atoms with E-state index < -0.39 is 0 Å². The highest BCUT2D eigenvalue weighted by Crippen LogP contribution is 2.31. The van der Waals surface area contributed by atoms with Crippen LogP contribution >= 0.6 is 0 Å². The molecule has 3 aromatic rings. The molecule has 1 amide bonds. The van der Waals surface area contributed by atoms with Gasteiger partial charge in [0.25, 0.3) is 5.91 Å². The number of carbonyl (C=O) groups is 1. The van der Waals surface area contributed by atoms with Crippen molar-refractivity contribution >= 4 is 16.8 Å². The second-order valence-corrected chi connectivity index (χ2v) is 9.43. The lowest BCUT2D eigenvalue weighted by atomic mass is 10.1. The minimum atomic E-state index is 0.0612. The maximum atomic E-state index is 13.4. The van der Waals surface area contributed by atoms with Gasteiger partial charge in [0.15, 0.2) is 0 Å². The number of ether oxygens (including phenoxy) is 1. The van der Waals surface area contributed by atoms with Gasteiger partial charge >= 0.3 is 0 Å². The Kier molecular flexibility index (Phi) is 5.68. The third-order valence-electron chi connectivity index (χ3n) is 7.18. The van der Waals surface area contributed by atoms with Crippen molar-refractivity contribution in [3.05, 3.63) is 65.9 Å². The molecular formula is C27H33N3O2. The SMILES string of the molecule is CC(C)N1CCC(Oc2ccc3c(c2)cc2n3CCN(C(C)c3ccccc3)C2=O)CC1. The van der Waals surface area contributed by atoms with E-state index in [4.69, 9.17) is 4.74 Å². The second kappa shape index (κ2) is 8.62. The fraction of sp³-hybridized carbons (Fsp3) is 0.444. The molecule has 168 valence electrons. The van der Waals surface area contributed by atoms with Crippen molar-refractivity contribution in [2.45, 2.75) is 58.3 Å². The predicted octanol–water partition coefficient (Wildman–Crippen LogP) is 5.11. The van der Waals surface area contributed by atoms with Gasteiger partial charge in [-0.2, -0.15) is 0 Å². The summed E-state index contributed by atoms with van der Waals surface area (Å²) in [7, 11) is 0. The molecule has 1 saturated heterocycles. The molecule has 0 saturated carbocycles. The molecule has 1 unspecified atom stereocenters. The average molecular weight is 432 g/mol. The van der Waals surface area contributed by atoms with Crippen LogP contribution in [0.25, 0.3) is 10.9 Å². The highest BCUT2D eigenvalue weighted by molar-refractivity contribution is 6.00. The van der Waals surface area contributed by atoms with E-state index in [1.807, 2.05) is 29.2 Å². The minimum Gasteiger partial charge on any atom is -0.490 e. The van der Waals surface area contributed by atoms with Crippen LogP contribution in [0.15, 0.2) is 54.6 Å². The van der Waals surface area contributed by atoms with E-state index in [0.717, 1.165) is 61.4 Å². The van der Waals surface area contributed by atoms with Crippen LogP contribution in [-0.2, 0) is 6.54 Å². The Morgan fingerprint density at radius 3 is 2.38 bits per heavy atom. The van der Waals surface area contributed by atoms with Crippen molar-refractivity contribution in [2.75, 3.05) is 19.6 Å². The number of piperidine rings is 1. The van der Waals surface area contributed by atoms with Crippen LogP contribution in [0.1, 0.15) is 55.7 Å². The molecular weight excluding hydrogens is 398 g/mol. The Labute approximate surface area is 190 Å². The number of nitrogens with zero attached hydrogens (tertiary/aromatic N) is 3. The summed E-state index contributed by atoms with van der Waals surface area (Å²) in [5, 5.41) is 1.08. The standard InChI is InChI=1S/C27H33N3O2/c1-19(2)28-13-11-23(12-14-28)32-24-9-10-25-22(17-24)18-26-27(31)29(15-16-30(25)26)20(3)21-7-5-4-6-8-21/h4-10,17-20,23H,11-16H2,1-3H3. The highest BCUT2D eigenvalue weighted by atomic mass is 16.5. The molecule has 2 aliphatic heterocycles. The van der Waals surface area contributed by atoms with Crippen molar-refractivity contribution in [1.29, 1.82) is 0 Å². The lowest BCUT2D eigenvalue weighted by Crippen LogP contribution is -2.41. The van der Waals surface area contributed by atoms with E-state index in [-0.39, 0.29) is 18.1 Å². The van der Waals surface area contributed by atoms with Gasteiger partial charge < -0.3 is 19.1 Å². The number of benzene rings is 2. The van der Waals surface area contributed by atoms with E-state index >= 15 is 0 Å². The van der Waals surface area contributed by atoms with Crippen LogP contribution in [0.2, 0.25) is 0 Å². The van der Waals surface area contributed by atoms with Gasteiger partial charge in [-0.1, -0.05) is 30.3 Å². The van der Waals surface area contributed by atoms with E-state index in [1.54, 1.807) is 0 Å². The summed E-state index contributed by atoms with van der Waals surface area (Å²) < 4.78 is 8.50. The van der Waals surface area contributed by atoms with Crippen LogP contribution in [0, 0.1) is 0 Å². The first-order valence-electron chi connectivity index (χ1n) is 11.9. The molecule has 2 aliphatic rings. The Morgan fingerprint density at radius 2 is 1.66 bits per heavy atom. The summed E-state index contributed by atoms with van der Waals surface area (Å²) in [5.41, 5.74) is 3.06. The third kappa shape index (κ3) is 3.90. The Balaban J connectivity index is 1.33. The van der Waals surface area contributed by atoms with Crippen LogP contribution in [0.3, 0.4) is 0 Å². The van der Waals surface area contributed by atoms with Crippen LogP contribution < -0.4 is 4.74 Å². The second-order valence-electron chi connectivity index (χ2n) is 9.43. The molecule has 0 bridgehead atoms. The van der Waals surface area contributed by atoms with Gasteiger partial charge in [-0.3, -0.25) is 4.79 Å². The van der Waals surface area contributed by atoms with Gasteiger partial charge in [0.05, 0.1) is 6.04 Å². The van der Waals surface area contributed by atoms with Gasteiger partial charge in [-0.25, -0.2) is 0 Å². The van der Waals surface area contributed by atoms with Gasteiger partial charge in [-0.15, -0.1) is 0 Å². The van der Waals surface area contributed by atoms with Crippen LogP contribution in [0.5, 0.6) is 5.75 Å². The predicted molar refractivity (Wildman–Crippen MR) is 128 cm³/mol. The third-order valence-corrected chi connectivity index (χ3v) is 7.18. The van der Waals surface area contributed by atoms with Crippen molar-refractivity contribution in [3.8, 4) is 5.75 Å². The number of aromatic nitrogens is 1. The fourth-order valence-electron chi connectivity index (χ4n) is 5.18. The molecule has 3 heterocycles. The Morgan fingerprint density at radius 1 is 0.906 bits per heavy atom. The van der Waals surface area contributed by atoms with Crippen molar-refractivity contribution in [1.82, 2.24) is 14.4 Å². The zero-order valence-electron chi connectivity index (χ0n) is 19.3. The van der Waals surface area contributed by atoms with E-state index in [9.17, 15) is 4.79 Å². The number of rotatable bonds is 5. The number of hydrogen-bond donors (Lipinski definition) is 0. The molecule has 0 aliphatic carbocycles. The fourth-order valence-corrected chi connectivity index (χ4v) is 5.18. The first-order chi connectivity index (χ1) is 15.5. The summed E-state index contributed by atoms with van der Waals surface area (Å²) >= 11 is 0. The minimum absolute atomic E-state index is 0.0612. The van der Waals surface area contributed by atoms with Crippen molar-refractivity contribution < 1.29 is 9.53 Å². The summed E-state index contributed by atoms with van der Waals surface area (Å²) in [6.07, 6.45) is 2.39. The topological polar surface area (TPSA) is 37.7 Å². The molecule has 5 rings (SSSR count). The van der Waals surface area contributed by atoms with Gasteiger partial charge in [0.1, 0.15) is 17.5 Å². The molecule has 5 nitrogen and oxygen atoms in total. The Hall–Kier alpha value is -2.79. The van der Waals surface area contributed by atoms with Crippen molar-refractivity contribution in [3.63, 3.8) is 0 Å². The maximum absolute atomic E-state index is 13.4. The summed E-state index contributed by atoms with van der Waals surface area (Å²) in [4.78, 5) is 17.9. The number of likely N-dealkylation sites (tertiary alicyclic amines) is 1. The molecule has 0 radical (unpaired) electrons. The average Bonchev–Trinajstić information content (AvgIpc) is 3.19. The normalized spacial score (nSPS) is 18.9. The molecule has 1 aromatic heterocycles. The molecule has 2 aromatic carbocycles. The maximum Gasteiger partial charge on any atom is 0.271 e. The number of amides is 1. The molecule has 5 heteroatoms. The number of hydrogen-bond acceptors (Lipinski definition) is 3. The summed E-state index contributed by atoms with van der Waals surface area (Å²) in [5.74, 6) is 1.01. The molecule has 0 N–H and O–H groups in total.